The lowest BCUT2D eigenvalue weighted by atomic mass is 9.63. The molecule has 24 heavy (non-hydrogen) atoms. The van der Waals surface area contributed by atoms with Gasteiger partial charge < -0.3 is 0 Å². The molecule has 5 aliphatic rings. The van der Waals surface area contributed by atoms with Gasteiger partial charge in [0.15, 0.2) is 0 Å². The summed E-state index contributed by atoms with van der Waals surface area (Å²) in [5.74, 6) is 0.0391. The highest BCUT2D eigenvalue weighted by Crippen LogP contribution is 2.65. The maximum Gasteiger partial charge on any atom is 0.271 e. The molecule has 1 saturated heterocycles. The number of benzene rings is 1. The molecule has 0 radical (unpaired) electrons. The van der Waals surface area contributed by atoms with Crippen LogP contribution in [0.4, 0.5) is 11.4 Å². The Morgan fingerprint density at radius 2 is 1.67 bits per heavy atom. The molecule has 1 heterocycles. The fourth-order valence-corrected chi connectivity index (χ4v) is 5.18. The Labute approximate surface area is 142 Å². The van der Waals surface area contributed by atoms with Crippen molar-refractivity contribution in [3.05, 3.63) is 45.5 Å². The third-order valence-electron chi connectivity index (χ3n) is 6.04. The molecule has 4 aliphatic carbocycles. The summed E-state index contributed by atoms with van der Waals surface area (Å²) in [6, 6.07) is 3.85. The van der Waals surface area contributed by atoms with Crippen molar-refractivity contribution in [2.24, 2.45) is 35.5 Å². The molecule has 1 aromatic rings. The number of hydrogen-bond acceptors (Lipinski definition) is 4. The molecule has 3 fully saturated rings. The smallest absolute Gasteiger partial charge is 0.271 e. The van der Waals surface area contributed by atoms with Gasteiger partial charge in [-0.25, -0.2) is 4.90 Å². The Kier molecular flexibility index (Phi) is 2.62. The summed E-state index contributed by atoms with van der Waals surface area (Å²) < 4.78 is 0. The summed E-state index contributed by atoms with van der Waals surface area (Å²) in [6.45, 7) is 0. The number of imide groups is 1. The van der Waals surface area contributed by atoms with E-state index in [-0.39, 0.29) is 51.9 Å². The molecule has 1 aromatic carbocycles. The molecule has 2 amide bonds. The van der Waals surface area contributed by atoms with Gasteiger partial charge in [-0.15, -0.1) is 0 Å². The Hall–Kier alpha value is -2.21. The van der Waals surface area contributed by atoms with Crippen molar-refractivity contribution in [1.29, 1.82) is 0 Å². The summed E-state index contributed by atoms with van der Waals surface area (Å²) in [5, 5.41) is 11.2. The standard InChI is InChI=1S/C17H13ClN2O4/c18-12-4-1-7(20(23)24)5-13(12)19-16(21)14-8-2-3-9(11-6-10(8)11)15(14)17(19)22/h1-5,8-11,14-15H,6H2/t8-,9-,10-,11+,14+,15+/m1/s1. The summed E-state index contributed by atoms with van der Waals surface area (Å²) >= 11 is 6.15. The van der Waals surface area contributed by atoms with E-state index in [9.17, 15) is 19.7 Å². The van der Waals surface area contributed by atoms with Gasteiger partial charge >= 0.3 is 0 Å². The quantitative estimate of drug-likeness (QED) is 0.357. The van der Waals surface area contributed by atoms with Crippen LogP contribution in [0.5, 0.6) is 0 Å². The van der Waals surface area contributed by atoms with Crippen LogP contribution in [-0.4, -0.2) is 16.7 Å². The minimum Gasteiger partial charge on any atom is -0.274 e. The molecule has 7 heteroatoms. The van der Waals surface area contributed by atoms with Crippen LogP contribution >= 0.6 is 11.6 Å². The molecule has 6 nitrogen and oxygen atoms in total. The van der Waals surface area contributed by atoms with E-state index in [2.05, 4.69) is 12.2 Å². The van der Waals surface area contributed by atoms with Crippen LogP contribution in [0.3, 0.4) is 0 Å². The maximum absolute atomic E-state index is 13.0. The van der Waals surface area contributed by atoms with Gasteiger partial charge in [0, 0.05) is 12.1 Å². The zero-order valence-corrected chi connectivity index (χ0v) is 13.2. The molecular formula is C17H13ClN2O4. The monoisotopic (exact) mass is 344 g/mol. The van der Waals surface area contributed by atoms with Crippen LogP contribution in [0.25, 0.3) is 0 Å². The summed E-state index contributed by atoms with van der Waals surface area (Å²) in [6.07, 6.45) is 5.26. The number of anilines is 1. The van der Waals surface area contributed by atoms with Crippen LogP contribution in [0.2, 0.25) is 5.02 Å². The average Bonchev–Trinajstić information content (AvgIpc) is 3.33. The van der Waals surface area contributed by atoms with Crippen molar-refractivity contribution >= 4 is 34.8 Å². The molecule has 122 valence electrons. The van der Waals surface area contributed by atoms with Gasteiger partial charge in [0.1, 0.15) is 0 Å². The van der Waals surface area contributed by atoms with E-state index in [4.69, 9.17) is 11.6 Å². The number of nitrogens with zero attached hydrogens (tertiary/aromatic N) is 2. The van der Waals surface area contributed by atoms with Gasteiger partial charge in [0.2, 0.25) is 11.8 Å². The highest BCUT2D eigenvalue weighted by Gasteiger charge is 2.67. The second-order valence-electron chi connectivity index (χ2n) is 7.06. The number of halogens is 1. The van der Waals surface area contributed by atoms with Crippen LogP contribution in [-0.2, 0) is 9.59 Å². The minimum atomic E-state index is -0.557. The highest BCUT2D eigenvalue weighted by atomic mass is 35.5. The number of carbonyl (C=O) groups is 2. The van der Waals surface area contributed by atoms with Crippen molar-refractivity contribution in [2.75, 3.05) is 4.90 Å². The SMILES string of the molecule is O=C1[C@H]2[C@@H]3C=C[C@H]([C@@H]4C[C@H]34)[C@@H]2C(=O)N1c1cc([N+](=O)[O-])ccc1Cl. The van der Waals surface area contributed by atoms with Gasteiger partial charge in [-0.05, 0) is 36.2 Å². The van der Waals surface area contributed by atoms with E-state index in [0.717, 1.165) is 11.3 Å². The third-order valence-corrected chi connectivity index (χ3v) is 6.36. The van der Waals surface area contributed by atoms with Crippen LogP contribution < -0.4 is 4.90 Å². The molecule has 1 aliphatic heterocycles. The second-order valence-corrected chi connectivity index (χ2v) is 7.47. The predicted octanol–water partition coefficient (Wildman–Crippen LogP) is 2.81. The zero-order chi connectivity index (χ0) is 16.7. The first kappa shape index (κ1) is 14.2. The molecule has 0 unspecified atom stereocenters. The van der Waals surface area contributed by atoms with Gasteiger partial charge in [-0.1, -0.05) is 23.8 Å². The Morgan fingerprint density at radius 1 is 1.08 bits per heavy atom. The van der Waals surface area contributed by atoms with E-state index in [1.807, 2.05) is 0 Å². The first-order chi connectivity index (χ1) is 11.5. The lowest BCUT2D eigenvalue weighted by Gasteiger charge is -2.37. The Morgan fingerprint density at radius 3 is 2.21 bits per heavy atom. The minimum absolute atomic E-state index is 0.115. The Balaban J connectivity index is 1.60. The van der Waals surface area contributed by atoms with Gasteiger partial charge in [0.05, 0.1) is 27.5 Å². The fraction of sp³-hybridized carbons (Fsp3) is 0.412. The lowest BCUT2D eigenvalue weighted by Crippen LogP contribution is -2.40. The Bertz CT molecular complexity index is 815. The molecule has 6 rings (SSSR count). The molecule has 2 bridgehead atoms. The molecular weight excluding hydrogens is 332 g/mol. The first-order valence-corrected chi connectivity index (χ1v) is 8.37. The second kappa shape index (κ2) is 4.45. The largest absolute Gasteiger partial charge is 0.274 e. The molecule has 0 aromatic heterocycles. The number of rotatable bonds is 2. The van der Waals surface area contributed by atoms with E-state index >= 15 is 0 Å². The molecule has 0 spiro atoms. The number of nitro benzene ring substituents is 1. The number of nitro groups is 1. The molecule has 2 saturated carbocycles. The average molecular weight is 345 g/mol. The topological polar surface area (TPSA) is 80.5 Å². The van der Waals surface area contributed by atoms with E-state index in [1.54, 1.807) is 0 Å². The number of allylic oxidation sites excluding steroid dienone is 2. The fourth-order valence-electron chi connectivity index (χ4n) is 4.98. The van der Waals surface area contributed by atoms with Crippen LogP contribution in [0, 0.1) is 45.6 Å². The van der Waals surface area contributed by atoms with E-state index < -0.39 is 4.92 Å². The third kappa shape index (κ3) is 1.61. The first-order valence-electron chi connectivity index (χ1n) is 7.99. The number of hydrogen-bond donors (Lipinski definition) is 0. The maximum atomic E-state index is 13.0. The number of non-ortho nitro benzene ring substituents is 1. The van der Waals surface area contributed by atoms with Crippen molar-refractivity contribution in [3.63, 3.8) is 0 Å². The van der Waals surface area contributed by atoms with E-state index in [0.29, 0.717) is 11.8 Å². The predicted molar refractivity (Wildman–Crippen MR) is 85.3 cm³/mol. The van der Waals surface area contributed by atoms with Gasteiger partial charge in [-0.2, -0.15) is 0 Å². The normalized spacial score (nSPS) is 38.3. The highest BCUT2D eigenvalue weighted by molar-refractivity contribution is 6.36. The van der Waals surface area contributed by atoms with Crippen molar-refractivity contribution < 1.29 is 14.5 Å². The number of amides is 2. The van der Waals surface area contributed by atoms with Crippen molar-refractivity contribution in [2.45, 2.75) is 6.42 Å². The summed E-state index contributed by atoms with van der Waals surface area (Å²) in [5.41, 5.74) is -0.0582. The van der Waals surface area contributed by atoms with E-state index in [1.165, 1.54) is 18.2 Å². The molecule has 6 atom stereocenters. The van der Waals surface area contributed by atoms with Crippen LogP contribution in [0.1, 0.15) is 6.42 Å². The van der Waals surface area contributed by atoms with Gasteiger partial charge in [-0.3, -0.25) is 19.7 Å². The summed E-state index contributed by atoms with van der Waals surface area (Å²) in [7, 11) is 0. The lowest BCUT2D eigenvalue weighted by molar-refractivity contribution is -0.384. The zero-order valence-electron chi connectivity index (χ0n) is 12.5. The van der Waals surface area contributed by atoms with Gasteiger partial charge in [0.25, 0.3) is 5.69 Å². The number of carbonyl (C=O) groups excluding carboxylic acids is 2. The van der Waals surface area contributed by atoms with Crippen molar-refractivity contribution in [3.8, 4) is 0 Å². The van der Waals surface area contributed by atoms with Crippen LogP contribution in [0.15, 0.2) is 30.4 Å². The van der Waals surface area contributed by atoms with Crippen molar-refractivity contribution in [1.82, 2.24) is 0 Å². The summed E-state index contributed by atoms with van der Waals surface area (Å²) in [4.78, 5) is 37.5. The molecule has 0 N–H and O–H groups in total.